The van der Waals surface area contributed by atoms with Gasteiger partial charge in [-0.1, -0.05) is 6.07 Å². The van der Waals surface area contributed by atoms with Crippen molar-refractivity contribution in [1.82, 2.24) is 4.90 Å². The van der Waals surface area contributed by atoms with Crippen molar-refractivity contribution in [3.8, 4) is 18.1 Å². The molecule has 3 heteroatoms. The molecule has 1 heterocycles. The molecule has 0 saturated heterocycles. The summed E-state index contributed by atoms with van der Waals surface area (Å²) in [6, 6.07) is 5.92. The van der Waals surface area contributed by atoms with Crippen LogP contribution in [0.3, 0.4) is 0 Å². The van der Waals surface area contributed by atoms with E-state index in [2.05, 4.69) is 5.92 Å². The van der Waals surface area contributed by atoms with Crippen LogP contribution in [0.25, 0.3) is 0 Å². The second-order valence-electron chi connectivity index (χ2n) is 3.76. The van der Waals surface area contributed by atoms with Crippen molar-refractivity contribution < 1.29 is 9.53 Å². The zero-order valence-corrected chi connectivity index (χ0v) is 9.19. The summed E-state index contributed by atoms with van der Waals surface area (Å²) in [5, 5.41) is 0. The fourth-order valence-corrected chi connectivity index (χ4v) is 1.92. The molecule has 0 spiro atoms. The molecule has 0 aliphatic carbocycles. The van der Waals surface area contributed by atoms with E-state index in [4.69, 9.17) is 11.2 Å². The van der Waals surface area contributed by atoms with Gasteiger partial charge in [-0.3, -0.25) is 4.79 Å². The van der Waals surface area contributed by atoms with Gasteiger partial charge in [0.25, 0.3) is 5.91 Å². The van der Waals surface area contributed by atoms with Gasteiger partial charge in [0.15, 0.2) is 0 Å². The molecule has 82 valence electrons. The third kappa shape index (κ3) is 1.87. The van der Waals surface area contributed by atoms with E-state index in [0.717, 1.165) is 17.7 Å². The van der Waals surface area contributed by atoms with E-state index in [-0.39, 0.29) is 5.91 Å². The zero-order chi connectivity index (χ0) is 11.5. The molecule has 1 aliphatic rings. The number of carbonyl (C=O) groups excluding carboxylic acids is 1. The SMILES string of the molecule is C#CC(=O)N1CCc2cc(OC)ccc2C1. The van der Waals surface area contributed by atoms with Gasteiger partial charge in [0.1, 0.15) is 5.75 Å². The van der Waals surface area contributed by atoms with Gasteiger partial charge in [-0.2, -0.15) is 0 Å². The molecule has 0 atom stereocenters. The van der Waals surface area contributed by atoms with Crippen LogP contribution in [0.15, 0.2) is 18.2 Å². The van der Waals surface area contributed by atoms with E-state index in [1.807, 2.05) is 18.2 Å². The highest BCUT2D eigenvalue weighted by molar-refractivity contribution is 5.93. The van der Waals surface area contributed by atoms with Crippen LogP contribution < -0.4 is 4.74 Å². The van der Waals surface area contributed by atoms with Crippen molar-refractivity contribution in [3.63, 3.8) is 0 Å². The number of terminal acetylenes is 1. The minimum atomic E-state index is -0.235. The number of carbonyl (C=O) groups is 1. The Bertz CT molecular complexity index is 459. The molecule has 0 N–H and O–H groups in total. The molecule has 1 aromatic rings. The number of ether oxygens (including phenoxy) is 1. The van der Waals surface area contributed by atoms with Gasteiger partial charge in [0, 0.05) is 13.1 Å². The topological polar surface area (TPSA) is 29.5 Å². The molecule has 1 aliphatic heterocycles. The number of benzene rings is 1. The molecule has 0 aromatic heterocycles. The minimum absolute atomic E-state index is 0.235. The maximum Gasteiger partial charge on any atom is 0.298 e. The van der Waals surface area contributed by atoms with Gasteiger partial charge >= 0.3 is 0 Å². The average Bonchev–Trinajstić information content (AvgIpc) is 2.36. The second-order valence-corrected chi connectivity index (χ2v) is 3.76. The summed E-state index contributed by atoms with van der Waals surface area (Å²) < 4.78 is 5.16. The maximum atomic E-state index is 11.4. The summed E-state index contributed by atoms with van der Waals surface area (Å²) in [4.78, 5) is 13.1. The molecule has 16 heavy (non-hydrogen) atoms. The molecule has 0 unspecified atom stereocenters. The molecule has 0 bridgehead atoms. The first-order valence-corrected chi connectivity index (χ1v) is 5.16. The van der Waals surface area contributed by atoms with Gasteiger partial charge in [-0.15, -0.1) is 6.42 Å². The summed E-state index contributed by atoms with van der Waals surface area (Å²) in [5.74, 6) is 2.77. The highest BCUT2D eigenvalue weighted by Gasteiger charge is 2.19. The third-order valence-electron chi connectivity index (χ3n) is 2.84. The van der Waals surface area contributed by atoms with E-state index in [1.54, 1.807) is 12.0 Å². The lowest BCUT2D eigenvalue weighted by molar-refractivity contribution is -0.125. The lowest BCUT2D eigenvalue weighted by Crippen LogP contribution is -2.34. The van der Waals surface area contributed by atoms with Crippen molar-refractivity contribution in [2.75, 3.05) is 13.7 Å². The third-order valence-corrected chi connectivity index (χ3v) is 2.84. The van der Waals surface area contributed by atoms with Crippen LogP contribution in [0.4, 0.5) is 0 Å². The fourth-order valence-electron chi connectivity index (χ4n) is 1.92. The van der Waals surface area contributed by atoms with E-state index < -0.39 is 0 Å². The number of hydrogen-bond donors (Lipinski definition) is 0. The summed E-state index contributed by atoms with van der Waals surface area (Å²) in [5.41, 5.74) is 2.39. The Morgan fingerprint density at radius 3 is 3.00 bits per heavy atom. The van der Waals surface area contributed by atoms with Crippen molar-refractivity contribution >= 4 is 5.91 Å². The molecule has 1 aromatic carbocycles. The first-order valence-electron chi connectivity index (χ1n) is 5.16. The van der Waals surface area contributed by atoms with Crippen LogP contribution in [0.2, 0.25) is 0 Å². The van der Waals surface area contributed by atoms with Crippen molar-refractivity contribution in [2.24, 2.45) is 0 Å². The van der Waals surface area contributed by atoms with Gasteiger partial charge < -0.3 is 9.64 Å². The Morgan fingerprint density at radius 1 is 1.50 bits per heavy atom. The lowest BCUT2D eigenvalue weighted by Gasteiger charge is -2.27. The first-order chi connectivity index (χ1) is 7.74. The van der Waals surface area contributed by atoms with Crippen LogP contribution in [-0.4, -0.2) is 24.5 Å². The van der Waals surface area contributed by atoms with Crippen LogP contribution in [0.1, 0.15) is 11.1 Å². The minimum Gasteiger partial charge on any atom is -0.497 e. The molecular weight excluding hydrogens is 202 g/mol. The van der Waals surface area contributed by atoms with Gasteiger partial charge in [0.05, 0.1) is 7.11 Å². The lowest BCUT2D eigenvalue weighted by atomic mass is 9.99. The standard InChI is InChI=1S/C13H13NO2/c1-3-13(15)14-7-6-10-8-12(16-2)5-4-11(10)9-14/h1,4-5,8H,6-7,9H2,2H3. The highest BCUT2D eigenvalue weighted by Crippen LogP contribution is 2.23. The Morgan fingerprint density at radius 2 is 2.31 bits per heavy atom. The molecule has 0 saturated carbocycles. The molecule has 2 rings (SSSR count). The summed E-state index contributed by atoms with van der Waals surface area (Å²) >= 11 is 0. The number of rotatable bonds is 1. The Labute approximate surface area is 95.0 Å². The van der Waals surface area contributed by atoms with Gasteiger partial charge in [-0.05, 0) is 35.6 Å². The molecule has 0 radical (unpaired) electrons. The fraction of sp³-hybridized carbons (Fsp3) is 0.308. The summed E-state index contributed by atoms with van der Waals surface area (Å²) in [7, 11) is 1.65. The normalized spacial score (nSPS) is 13.9. The Hall–Kier alpha value is -1.95. The van der Waals surface area contributed by atoms with Crippen LogP contribution in [0.5, 0.6) is 5.75 Å². The van der Waals surface area contributed by atoms with Crippen molar-refractivity contribution in [3.05, 3.63) is 29.3 Å². The number of fused-ring (bicyclic) bond motifs is 1. The Balaban J connectivity index is 2.22. The predicted molar refractivity (Wildman–Crippen MR) is 60.9 cm³/mol. The van der Waals surface area contributed by atoms with Crippen LogP contribution in [-0.2, 0) is 17.8 Å². The van der Waals surface area contributed by atoms with Gasteiger partial charge in [-0.25, -0.2) is 0 Å². The zero-order valence-electron chi connectivity index (χ0n) is 9.19. The summed E-state index contributed by atoms with van der Waals surface area (Å²) in [6.07, 6.45) is 5.94. The second kappa shape index (κ2) is 4.28. The predicted octanol–water partition coefficient (Wildman–Crippen LogP) is 1.21. The van der Waals surface area contributed by atoms with Crippen molar-refractivity contribution in [1.29, 1.82) is 0 Å². The van der Waals surface area contributed by atoms with E-state index in [0.29, 0.717) is 13.1 Å². The largest absolute Gasteiger partial charge is 0.497 e. The summed E-state index contributed by atoms with van der Waals surface area (Å²) in [6.45, 7) is 1.28. The number of amides is 1. The van der Waals surface area contributed by atoms with Crippen LogP contribution in [0, 0.1) is 12.3 Å². The monoisotopic (exact) mass is 215 g/mol. The number of methoxy groups -OCH3 is 1. The highest BCUT2D eigenvalue weighted by atomic mass is 16.5. The van der Waals surface area contributed by atoms with Crippen molar-refractivity contribution in [2.45, 2.75) is 13.0 Å². The molecule has 3 nitrogen and oxygen atoms in total. The van der Waals surface area contributed by atoms with E-state index >= 15 is 0 Å². The average molecular weight is 215 g/mol. The Kier molecular flexibility index (Phi) is 2.82. The smallest absolute Gasteiger partial charge is 0.298 e. The molecule has 1 amide bonds. The number of hydrogen-bond acceptors (Lipinski definition) is 2. The first kappa shape index (κ1) is 10.6. The number of nitrogens with zero attached hydrogens (tertiary/aromatic N) is 1. The maximum absolute atomic E-state index is 11.4. The molecule has 0 fully saturated rings. The van der Waals surface area contributed by atoms with Gasteiger partial charge in [0.2, 0.25) is 0 Å². The quantitative estimate of drug-likeness (QED) is 0.659. The molecular formula is C13H13NO2. The van der Waals surface area contributed by atoms with Crippen LogP contribution >= 0.6 is 0 Å². The van der Waals surface area contributed by atoms with E-state index in [9.17, 15) is 4.79 Å². The van der Waals surface area contributed by atoms with E-state index in [1.165, 1.54) is 5.56 Å².